The van der Waals surface area contributed by atoms with E-state index in [0.717, 1.165) is 10.9 Å². The lowest BCUT2D eigenvalue weighted by Gasteiger charge is -2.32. The number of carbonyl (C=O) groups is 2. The number of piperidine rings is 1. The molecule has 2 aromatic carbocycles. The highest BCUT2D eigenvalue weighted by molar-refractivity contribution is 6.31. The Morgan fingerprint density at radius 3 is 2.58 bits per heavy atom. The van der Waals surface area contributed by atoms with Crippen LogP contribution in [0.15, 0.2) is 57.9 Å². The number of likely N-dealkylation sites (tertiary alicyclic amines) is 1. The zero-order chi connectivity index (χ0) is 23.3. The first-order valence-corrected chi connectivity index (χ1v) is 11.2. The highest BCUT2D eigenvalue weighted by atomic mass is 35.5. The predicted octanol–water partition coefficient (Wildman–Crippen LogP) is 3.73. The van der Waals surface area contributed by atoms with Crippen molar-refractivity contribution in [2.45, 2.75) is 31.8 Å². The van der Waals surface area contributed by atoms with Crippen LogP contribution in [0.25, 0.3) is 22.0 Å². The molecule has 0 spiro atoms. The average molecular weight is 467 g/mol. The Morgan fingerprint density at radius 2 is 1.85 bits per heavy atom. The van der Waals surface area contributed by atoms with Gasteiger partial charge in [0, 0.05) is 35.7 Å². The third-order valence-electron chi connectivity index (χ3n) is 6.49. The summed E-state index contributed by atoms with van der Waals surface area (Å²) in [6, 6.07) is 11.9. The van der Waals surface area contributed by atoms with Crippen molar-refractivity contribution < 1.29 is 14.0 Å². The molecule has 1 aliphatic heterocycles. The van der Waals surface area contributed by atoms with E-state index in [2.05, 4.69) is 0 Å². The third kappa shape index (κ3) is 3.60. The van der Waals surface area contributed by atoms with E-state index in [9.17, 15) is 14.4 Å². The van der Waals surface area contributed by atoms with Gasteiger partial charge in [-0.15, -0.1) is 0 Å². The van der Waals surface area contributed by atoms with Gasteiger partial charge in [0.05, 0.1) is 16.6 Å². The van der Waals surface area contributed by atoms with Crippen molar-refractivity contribution >= 4 is 45.4 Å². The summed E-state index contributed by atoms with van der Waals surface area (Å²) in [5.41, 5.74) is 8.03. The first-order valence-electron chi connectivity index (χ1n) is 10.8. The number of rotatable bonds is 4. The van der Waals surface area contributed by atoms with Gasteiger partial charge < -0.3 is 19.6 Å². The summed E-state index contributed by atoms with van der Waals surface area (Å²) in [6.45, 7) is 2.69. The van der Waals surface area contributed by atoms with Gasteiger partial charge in [-0.2, -0.15) is 0 Å². The van der Waals surface area contributed by atoms with Crippen molar-refractivity contribution in [3.63, 3.8) is 0 Å². The van der Waals surface area contributed by atoms with Crippen LogP contribution in [-0.4, -0.2) is 38.9 Å². The van der Waals surface area contributed by atoms with Gasteiger partial charge in [-0.25, -0.2) is 4.79 Å². The number of halogens is 1. The maximum atomic E-state index is 13.5. The average Bonchev–Trinajstić information content (AvgIpc) is 3.34. The molecule has 0 bridgehead atoms. The van der Waals surface area contributed by atoms with Crippen LogP contribution < -0.4 is 11.5 Å². The molecule has 2 amide bonds. The number of nitrogens with two attached hydrogens (primary N) is 1. The van der Waals surface area contributed by atoms with Crippen LogP contribution in [0, 0.1) is 0 Å². The molecule has 5 rings (SSSR count). The summed E-state index contributed by atoms with van der Waals surface area (Å²) < 4.78 is 8.76. The quantitative estimate of drug-likeness (QED) is 0.495. The van der Waals surface area contributed by atoms with Crippen LogP contribution in [0.2, 0.25) is 5.02 Å². The molecule has 0 aliphatic carbocycles. The van der Waals surface area contributed by atoms with Crippen LogP contribution in [0.1, 0.15) is 42.2 Å². The number of hydrogen-bond acceptors (Lipinski definition) is 4. The lowest BCUT2D eigenvalue weighted by atomic mass is 10.0. The smallest absolute Gasteiger partial charge is 0.408 e. The summed E-state index contributed by atoms with van der Waals surface area (Å²) in [5, 5.41) is 1.23. The fourth-order valence-electron chi connectivity index (χ4n) is 4.68. The first-order chi connectivity index (χ1) is 15.8. The van der Waals surface area contributed by atoms with Crippen LogP contribution in [0.5, 0.6) is 0 Å². The van der Waals surface area contributed by atoms with Crippen molar-refractivity contribution in [2.75, 3.05) is 13.1 Å². The number of amides is 2. The highest BCUT2D eigenvalue weighted by Gasteiger charge is 2.29. The first kappa shape index (κ1) is 21.3. The lowest BCUT2D eigenvalue weighted by molar-refractivity contribution is -0.120. The van der Waals surface area contributed by atoms with E-state index >= 15 is 0 Å². The van der Waals surface area contributed by atoms with Gasteiger partial charge in [-0.3, -0.25) is 14.2 Å². The maximum Gasteiger partial charge on any atom is 0.420 e. The normalized spacial score (nSPS) is 15.9. The van der Waals surface area contributed by atoms with E-state index in [0.29, 0.717) is 47.6 Å². The van der Waals surface area contributed by atoms with E-state index < -0.39 is 11.9 Å². The number of para-hydroxylation sites is 2. The summed E-state index contributed by atoms with van der Waals surface area (Å²) in [4.78, 5) is 39.5. The molecule has 2 N–H and O–H groups in total. The fourth-order valence-corrected chi connectivity index (χ4v) is 4.85. The Bertz CT molecular complexity index is 1440. The third-order valence-corrected chi connectivity index (χ3v) is 6.73. The Balaban J connectivity index is 1.42. The molecule has 0 saturated carbocycles. The highest BCUT2D eigenvalue weighted by Crippen LogP contribution is 2.31. The molecule has 1 fully saturated rings. The van der Waals surface area contributed by atoms with Crippen LogP contribution in [0.4, 0.5) is 0 Å². The second kappa shape index (κ2) is 8.12. The number of hydrogen-bond donors (Lipinski definition) is 1. The molecule has 1 atom stereocenters. The maximum absolute atomic E-state index is 13.5. The van der Waals surface area contributed by atoms with Gasteiger partial charge in [0.2, 0.25) is 5.91 Å². The summed E-state index contributed by atoms with van der Waals surface area (Å²) >= 11 is 6.17. The van der Waals surface area contributed by atoms with E-state index in [1.54, 1.807) is 51.4 Å². The molecular formula is C24H23ClN4O4. The molecule has 33 heavy (non-hydrogen) atoms. The molecule has 9 heteroatoms. The van der Waals surface area contributed by atoms with Crippen molar-refractivity contribution in [2.24, 2.45) is 5.73 Å². The number of aromatic nitrogens is 2. The number of fused-ring (bicyclic) bond motifs is 2. The molecule has 170 valence electrons. The minimum absolute atomic E-state index is 0.0415. The number of primary amides is 1. The van der Waals surface area contributed by atoms with Crippen LogP contribution in [0.3, 0.4) is 0 Å². The monoisotopic (exact) mass is 466 g/mol. The Hall–Kier alpha value is -3.52. The van der Waals surface area contributed by atoms with Crippen molar-refractivity contribution in [1.29, 1.82) is 0 Å². The number of carbonyl (C=O) groups excluding carboxylic acids is 2. The largest absolute Gasteiger partial charge is 0.420 e. The van der Waals surface area contributed by atoms with E-state index in [1.165, 1.54) is 0 Å². The molecule has 4 aromatic rings. The number of nitrogens with zero attached hydrogens (tertiary/aromatic N) is 3. The van der Waals surface area contributed by atoms with E-state index in [-0.39, 0.29) is 17.7 Å². The molecule has 2 aromatic heterocycles. The second-order valence-electron chi connectivity index (χ2n) is 8.42. The minimum Gasteiger partial charge on any atom is -0.408 e. The van der Waals surface area contributed by atoms with Gasteiger partial charge in [-0.05, 0) is 44.0 Å². The number of oxazole rings is 1. The van der Waals surface area contributed by atoms with Gasteiger partial charge in [0.25, 0.3) is 5.91 Å². The second-order valence-corrected chi connectivity index (χ2v) is 8.86. The van der Waals surface area contributed by atoms with Crippen LogP contribution >= 0.6 is 11.6 Å². The zero-order valence-corrected chi connectivity index (χ0v) is 18.8. The molecular weight excluding hydrogens is 444 g/mol. The topological polar surface area (TPSA) is 103 Å². The molecule has 8 nitrogen and oxygen atoms in total. The Labute approximate surface area is 194 Å². The lowest BCUT2D eigenvalue weighted by Crippen LogP contribution is -2.40. The standard InChI is InChI=1S/C24H23ClN4O4/c1-14(22(26)30)28-13-18(17-7-6-15(25)12-20(17)28)23(31)27-10-8-16(9-11-27)29-19-4-2-3-5-21(19)33-24(29)32/h2-7,12-14,16H,8-11H2,1H3,(H2,26,30). The minimum atomic E-state index is -0.625. The molecule has 3 heterocycles. The van der Waals surface area contributed by atoms with Crippen molar-refractivity contribution in [1.82, 2.24) is 14.0 Å². The molecule has 0 radical (unpaired) electrons. The van der Waals surface area contributed by atoms with Gasteiger partial charge >= 0.3 is 5.76 Å². The SMILES string of the molecule is CC(C(N)=O)n1cc(C(=O)N2CCC(n3c(=O)oc4ccccc43)CC2)c2ccc(Cl)cc21. The van der Waals surface area contributed by atoms with E-state index in [4.69, 9.17) is 21.8 Å². The van der Waals surface area contributed by atoms with E-state index in [1.807, 2.05) is 18.2 Å². The summed E-state index contributed by atoms with van der Waals surface area (Å²) in [7, 11) is 0. The zero-order valence-electron chi connectivity index (χ0n) is 18.0. The number of benzene rings is 2. The van der Waals surface area contributed by atoms with Gasteiger partial charge in [0.15, 0.2) is 5.58 Å². The van der Waals surface area contributed by atoms with Crippen molar-refractivity contribution in [3.8, 4) is 0 Å². The summed E-state index contributed by atoms with van der Waals surface area (Å²) in [6.07, 6.45) is 2.95. The molecule has 1 unspecified atom stereocenters. The van der Waals surface area contributed by atoms with Gasteiger partial charge in [0.1, 0.15) is 6.04 Å². The Morgan fingerprint density at radius 1 is 1.12 bits per heavy atom. The predicted molar refractivity (Wildman–Crippen MR) is 126 cm³/mol. The van der Waals surface area contributed by atoms with Gasteiger partial charge in [-0.1, -0.05) is 29.8 Å². The Kier molecular flexibility index (Phi) is 5.25. The fraction of sp³-hybridized carbons (Fsp3) is 0.292. The van der Waals surface area contributed by atoms with Crippen LogP contribution in [-0.2, 0) is 4.79 Å². The summed E-state index contributed by atoms with van der Waals surface area (Å²) in [5.74, 6) is -0.994. The molecule has 1 saturated heterocycles. The van der Waals surface area contributed by atoms with Crippen molar-refractivity contribution in [3.05, 3.63) is 69.8 Å². The molecule has 1 aliphatic rings.